The second kappa shape index (κ2) is 9.15. The zero-order valence-electron chi connectivity index (χ0n) is 16.5. The number of hydrogen-bond acceptors (Lipinski definition) is 4. The van der Waals surface area contributed by atoms with Crippen LogP contribution in [-0.4, -0.2) is 38.8 Å². The van der Waals surface area contributed by atoms with Crippen molar-refractivity contribution in [2.24, 2.45) is 5.92 Å². The summed E-state index contributed by atoms with van der Waals surface area (Å²) in [7, 11) is -2.27. The number of piperidine rings is 1. The lowest BCUT2D eigenvalue weighted by molar-refractivity contribution is -0.126. The first kappa shape index (κ1) is 21.6. The van der Waals surface area contributed by atoms with Gasteiger partial charge in [0.15, 0.2) is 0 Å². The number of hydrogen-bond donors (Lipinski definition) is 1. The second-order valence-corrected chi connectivity index (χ2v) is 9.48. The van der Waals surface area contributed by atoms with Crippen molar-refractivity contribution in [3.8, 4) is 5.75 Å². The third-order valence-corrected chi connectivity index (χ3v) is 7.33. The Labute approximate surface area is 176 Å². The highest BCUT2D eigenvalue weighted by Crippen LogP contribution is 2.30. The summed E-state index contributed by atoms with van der Waals surface area (Å²) in [5, 5.41) is 3.24. The number of halogens is 1. The number of amides is 1. The Morgan fingerprint density at radius 1 is 1.24 bits per heavy atom. The molecule has 1 saturated heterocycles. The standard InChI is InChI=1S/C21H25ClN2O4S/c1-15(16-7-4-3-5-8-16)23-21(25)17-9-6-12-24(14-17)29(26,27)18-10-11-20(28-2)19(22)13-18/h3-5,7-8,10-11,13,15,17H,6,9,12,14H2,1-2H3,(H,23,25). The van der Waals surface area contributed by atoms with E-state index in [0.717, 1.165) is 5.56 Å². The maximum atomic E-state index is 13.0. The van der Waals surface area contributed by atoms with Gasteiger partial charge in [0.1, 0.15) is 5.75 Å². The van der Waals surface area contributed by atoms with E-state index in [0.29, 0.717) is 25.1 Å². The zero-order valence-corrected chi connectivity index (χ0v) is 18.0. The molecule has 29 heavy (non-hydrogen) atoms. The van der Waals surface area contributed by atoms with Crippen LogP contribution in [0.5, 0.6) is 5.75 Å². The molecule has 1 aliphatic rings. The minimum absolute atomic E-state index is 0.0991. The van der Waals surface area contributed by atoms with Crippen molar-refractivity contribution >= 4 is 27.5 Å². The summed E-state index contributed by atoms with van der Waals surface area (Å²) < 4.78 is 32.5. The lowest BCUT2D eigenvalue weighted by Crippen LogP contribution is -2.45. The first-order valence-electron chi connectivity index (χ1n) is 9.52. The lowest BCUT2D eigenvalue weighted by atomic mass is 9.98. The van der Waals surface area contributed by atoms with Gasteiger partial charge in [0.25, 0.3) is 0 Å². The molecular formula is C21H25ClN2O4S. The van der Waals surface area contributed by atoms with Crippen molar-refractivity contribution in [3.63, 3.8) is 0 Å². The minimum Gasteiger partial charge on any atom is -0.495 e. The van der Waals surface area contributed by atoms with Gasteiger partial charge >= 0.3 is 0 Å². The summed E-state index contributed by atoms with van der Waals surface area (Å²) in [6.07, 6.45) is 1.28. The molecule has 0 bridgehead atoms. The van der Waals surface area contributed by atoms with E-state index in [2.05, 4.69) is 5.32 Å². The van der Waals surface area contributed by atoms with Crippen LogP contribution in [-0.2, 0) is 14.8 Å². The lowest BCUT2D eigenvalue weighted by Gasteiger charge is -2.32. The van der Waals surface area contributed by atoms with Gasteiger partial charge in [-0.2, -0.15) is 4.31 Å². The van der Waals surface area contributed by atoms with E-state index < -0.39 is 15.9 Å². The topological polar surface area (TPSA) is 75.7 Å². The molecule has 1 amide bonds. The Balaban J connectivity index is 1.71. The second-order valence-electron chi connectivity index (χ2n) is 7.14. The molecule has 0 radical (unpaired) electrons. The minimum atomic E-state index is -3.74. The number of rotatable bonds is 6. The maximum absolute atomic E-state index is 13.0. The fraction of sp³-hybridized carbons (Fsp3) is 0.381. The summed E-state index contributed by atoms with van der Waals surface area (Å²) >= 11 is 6.10. The summed E-state index contributed by atoms with van der Waals surface area (Å²) in [5.41, 5.74) is 1.01. The largest absolute Gasteiger partial charge is 0.495 e. The van der Waals surface area contributed by atoms with Gasteiger partial charge in [-0.1, -0.05) is 41.9 Å². The van der Waals surface area contributed by atoms with Gasteiger partial charge in [-0.05, 0) is 43.5 Å². The van der Waals surface area contributed by atoms with Crippen LogP contribution < -0.4 is 10.1 Å². The number of carbonyl (C=O) groups is 1. The molecule has 1 N–H and O–H groups in total. The smallest absolute Gasteiger partial charge is 0.243 e. The van der Waals surface area contributed by atoms with Crippen molar-refractivity contribution in [1.82, 2.24) is 9.62 Å². The first-order valence-corrected chi connectivity index (χ1v) is 11.3. The number of nitrogens with one attached hydrogen (secondary N) is 1. The van der Waals surface area contributed by atoms with Gasteiger partial charge in [0, 0.05) is 13.1 Å². The molecular weight excluding hydrogens is 412 g/mol. The van der Waals surface area contributed by atoms with E-state index in [-0.39, 0.29) is 28.4 Å². The molecule has 3 rings (SSSR count). The van der Waals surface area contributed by atoms with E-state index in [4.69, 9.17) is 16.3 Å². The van der Waals surface area contributed by atoms with Crippen molar-refractivity contribution in [3.05, 3.63) is 59.1 Å². The summed E-state index contributed by atoms with van der Waals surface area (Å²) in [6, 6.07) is 13.9. The van der Waals surface area contributed by atoms with E-state index in [9.17, 15) is 13.2 Å². The first-order chi connectivity index (χ1) is 13.8. The number of ether oxygens (including phenoxy) is 1. The molecule has 2 unspecified atom stereocenters. The van der Waals surface area contributed by atoms with Crippen molar-refractivity contribution in [2.75, 3.05) is 20.2 Å². The predicted octanol–water partition coefficient (Wildman–Crippen LogP) is 3.63. The Morgan fingerprint density at radius 2 is 1.97 bits per heavy atom. The molecule has 1 heterocycles. The molecule has 156 valence electrons. The van der Waals surface area contributed by atoms with Crippen molar-refractivity contribution in [2.45, 2.75) is 30.7 Å². The highest BCUT2D eigenvalue weighted by Gasteiger charge is 2.34. The summed E-state index contributed by atoms with van der Waals surface area (Å²) in [6.45, 7) is 2.45. The van der Waals surface area contributed by atoms with Crippen LogP contribution >= 0.6 is 11.6 Å². The molecule has 1 aliphatic heterocycles. The monoisotopic (exact) mass is 436 g/mol. The highest BCUT2D eigenvalue weighted by molar-refractivity contribution is 7.89. The molecule has 2 aromatic carbocycles. The van der Waals surface area contributed by atoms with E-state index in [1.54, 1.807) is 0 Å². The molecule has 1 fully saturated rings. The van der Waals surface area contributed by atoms with Gasteiger partial charge in [-0.15, -0.1) is 0 Å². The fourth-order valence-electron chi connectivity index (χ4n) is 3.49. The van der Waals surface area contributed by atoms with Crippen LogP contribution in [0, 0.1) is 5.92 Å². The number of carbonyl (C=O) groups excluding carboxylic acids is 1. The Morgan fingerprint density at radius 3 is 2.62 bits per heavy atom. The fourth-order valence-corrected chi connectivity index (χ4v) is 5.36. The molecule has 2 aromatic rings. The van der Waals surface area contributed by atoms with Gasteiger partial charge in [0.05, 0.1) is 29.0 Å². The van der Waals surface area contributed by atoms with Crippen LogP contribution in [0.4, 0.5) is 0 Å². The molecule has 0 spiro atoms. The normalized spacial score (nSPS) is 18.8. The maximum Gasteiger partial charge on any atom is 0.243 e. The molecule has 0 aromatic heterocycles. The van der Waals surface area contributed by atoms with Crippen molar-refractivity contribution < 1.29 is 17.9 Å². The van der Waals surface area contributed by atoms with Gasteiger partial charge < -0.3 is 10.1 Å². The SMILES string of the molecule is COc1ccc(S(=O)(=O)N2CCCC(C(=O)NC(C)c3ccccc3)C2)cc1Cl. The summed E-state index contributed by atoms with van der Waals surface area (Å²) in [4.78, 5) is 12.9. The third kappa shape index (κ3) is 4.91. The Hall–Kier alpha value is -2.09. The zero-order chi connectivity index (χ0) is 21.0. The quantitative estimate of drug-likeness (QED) is 0.750. The van der Waals surface area contributed by atoms with Crippen molar-refractivity contribution in [1.29, 1.82) is 0 Å². The van der Waals surface area contributed by atoms with Gasteiger partial charge in [0.2, 0.25) is 15.9 Å². The van der Waals surface area contributed by atoms with Crippen LogP contribution in [0.25, 0.3) is 0 Å². The number of nitrogens with zero attached hydrogens (tertiary/aromatic N) is 1. The molecule has 2 atom stereocenters. The predicted molar refractivity (Wildman–Crippen MR) is 112 cm³/mol. The highest BCUT2D eigenvalue weighted by atomic mass is 35.5. The van der Waals surface area contributed by atoms with Gasteiger partial charge in [-0.25, -0.2) is 8.42 Å². The average Bonchev–Trinajstić information content (AvgIpc) is 2.74. The van der Waals surface area contributed by atoms with Crippen LogP contribution in [0.1, 0.15) is 31.4 Å². The Bertz CT molecular complexity index is 966. The molecule has 0 saturated carbocycles. The average molecular weight is 437 g/mol. The van der Waals surface area contributed by atoms with E-state index in [1.807, 2.05) is 37.3 Å². The number of benzene rings is 2. The van der Waals surface area contributed by atoms with E-state index in [1.165, 1.54) is 29.6 Å². The van der Waals surface area contributed by atoms with E-state index >= 15 is 0 Å². The molecule has 0 aliphatic carbocycles. The molecule has 6 nitrogen and oxygen atoms in total. The third-order valence-electron chi connectivity index (χ3n) is 5.17. The van der Waals surface area contributed by atoms with Crippen LogP contribution in [0.2, 0.25) is 5.02 Å². The number of sulfonamides is 1. The molecule has 8 heteroatoms. The van der Waals surface area contributed by atoms with Crippen LogP contribution in [0.15, 0.2) is 53.4 Å². The Kier molecular flexibility index (Phi) is 6.82. The number of methoxy groups -OCH3 is 1. The van der Waals surface area contributed by atoms with Crippen LogP contribution in [0.3, 0.4) is 0 Å². The van der Waals surface area contributed by atoms with Gasteiger partial charge in [-0.3, -0.25) is 4.79 Å². The summed E-state index contributed by atoms with van der Waals surface area (Å²) in [5.74, 6) is -0.108.